The van der Waals surface area contributed by atoms with Gasteiger partial charge >= 0.3 is 0 Å². The number of aliphatic hydroxyl groups excluding tert-OH is 1. The molecule has 0 saturated carbocycles. The van der Waals surface area contributed by atoms with Crippen molar-refractivity contribution >= 4 is 22.8 Å². The number of nitrogens with zero attached hydrogens (tertiary/aromatic N) is 4. The molecule has 0 radical (unpaired) electrons. The molecule has 2 aromatic heterocycles. The van der Waals surface area contributed by atoms with E-state index in [4.69, 9.17) is 4.74 Å². The molecule has 0 spiro atoms. The molecule has 0 unspecified atom stereocenters. The first kappa shape index (κ1) is 20.9. The van der Waals surface area contributed by atoms with Gasteiger partial charge in [0.1, 0.15) is 17.8 Å². The standard InChI is InChI=1S/C24H29N5O3/c1-28-11-7-19-21(28)25-16-26-22(19)29-12-10-24(20(30)15-29,18-5-3-2-4-6-18)27-23(31)17-8-13-32-14-9-17/h2-7,11,16-17,20,30H,8-10,12-15H2,1H3,(H,27,31)/t20-,24-/m1/s1. The summed E-state index contributed by atoms with van der Waals surface area (Å²) in [6.07, 6.45) is 4.74. The lowest BCUT2D eigenvalue weighted by atomic mass is 9.77. The number of nitrogens with one attached hydrogen (secondary N) is 1. The molecule has 5 rings (SSSR count). The van der Waals surface area contributed by atoms with E-state index in [0.717, 1.165) is 22.4 Å². The first-order valence-corrected chi connectivity index (χ1v) is 11.2. The van der Waals surface area contributed by atoms with Crippen LogP contribution >= 0.6 is 0 Å². The average molecular weight is 436 g/mol. The third-order valence-electron chi connectivity index (χ3n) is 6.91. The minimum atomic E-state index is -0.837. The number of aromatic nitrogens is 3. The van der Waals surface area contributed by atoms with E-state index < -0.39 is 11.6 Å². The average Bonchev–Trinajstić information content (AvgIpc) is 3.22. The van der Waals surface area contributed by atoms with Crippen molar-refractivity contribution in [3.63, 3.8) is 0 Å². The Morgan fingerprint density at radius 3 is 2.72 bits per heavy atom. The molecule has 0 aliphatic carbocycles. The number of β-amino-alcohol motifs (C(OH)–C–C–N with tert-alkyl or cyclic N) is 1. The summed E-state index contributed by atoms with van der Waals surface area (Å²) in [6, 6.07) is 11.8. The zero-order chi connectivity index (χ0) is 22.1. The molecule has 2 aliphatic heterocycles. The number of hydrogen-bond donors (Lipinski definition) is 2. The molecule has 2 N–H and O–H groups in total. The Bertz CT molecular complexity index is 1100. The number of fused-ring (bicyclic) bond motifs is 1. The van der Waals surface area contributed by atoms with E-state index in [1.165, 1.54) is 0 Å². The molecule has 2 saturated heterocycles. The van der Waals surface area contributed by atoms with Crippen LogP contribution in [0, 0.1) is 5.92 Å². The third kappa shape index (κ3) is 3.63. The summed E-state index contributed by atoms with van der Waals surface area (Å²) in [5.74, 6) is 0.726. The molecular weight excluding hydrogens is 406 g/mol. The maximum Gasteiger partial charge on any atom is 0.224 e. The van der Waals surface area contributed by atoms with Crippen LogP contribution in [-0.4, -0.2) is 58.0 Å². The molecule has 2 fully saturated rings. The normalized spacial score (nSPS) is 24.6. The van der Waals surface area contributed by atoms with E-state index in [1.54, 1.807) is 6.33 Å². The molecule has 3 aromatic rings. The fraction of sp³-hybridized carbons (Fsp3) is 0.458. The summed E-state index contributed by atoms with van der Waals surface area (Å²) in [5, 5.41) is 15.7. The zero-order valence-corrected chi connectivity index (χ0v) is 18.3. The highest BCUT2D eigenvalue weighted by Gasteiger charge is 2.46. The summed E-state index contributed by atoms with van der Waals surface area (Å²) in [7, 11) is 1.95. The zero-order valence-electron chi connectivity index (χ0n) is 18.3. The number of carbonyl (C=O) groups excluding carboxylic acids is 1. The van der Waals surface area contributed by atoms with Gasteiger partial charge in [-0.3, -0.25) is 4.79 Å². The van der Waals surface area contributed by atoms with Gasteiger partial charge in [0.05, 0.1) is 17.0 Å². The van der Waals surface area contributed by atoms with Gasteiger partial charge in [-0.1, -0.05) is 30.3 Å². The lowest BCUT2D eigenvalue weighted by Crippen LogP contribution is -2.63. The molecule has 8 nitrogen and oxygen atoms in total. The molecule has 32 heavy (non-hydrogen) atoms. The van der Waals surface area contributed by atoms with Crippen molar-refractivity contribution in [1.82, 2.24) is 19.9 Å². The van der Waals surface area contributed by atoms with Crippen LogP contribution in [-0.2, 0) is 22.1 Å². The summed E-state index contributed by atoms with van der Waals surface area (Å²) in [6.45, 7) is 2.23. The number of amides is 1. The number of aryl methyl sites for hydroxylation is 1. The van der Waals surface area contributed by atoms with Crippen LogP contribution < -0.4 is 10.2 Å². The minimum absolute atomic E-state index is 0.00265. The van der Waals surface area contributed by atoms with Gasteiger partial charge in [0.25, 0.3) is 0 Å². The van der Waals surface area contributed by atoms with Gasteiger partial charge in [-0.2, -0.15) is 0 Å². The number of piperidine rings is 1. The molecule has 1 amide bonds. The molecule has 8 heteroatoms. The molecule has 0 bridgehead atoms. The summed E-state index contributed by atoms with van der Waals surface area (Å²) < 4.78 is 7.38. The van der Waals surface area contributed by atoms with Gasteiger partial charge in [0.2, 0.25) is 5.91 Å². The summed E-state index contributed by atoms with van der Waals surface area (Å²) in [5.41, 5.74) is 0.952. The van der Waals surface area contributed by atoms with Crippen LogP contribution in [0.15, 0.2) is 48.9 Å². The van der Waals surface area contributed by atoms with E-state index in [9.17, 15) is 9.90 Å². The molecule has 4 heterocycles. The number of aliphatic hydroxyl groups is 1. The Hall–Kier alpha value is -2.97. The Morgan fingerprint density at radius 1 is 1.19 bits per heavy atom. The number of ether oxygens (including phenoxy) is 1. The van der Waals surface area contributed by atoms with Gasteiger partial charge in [0.15, 0.2) is 0 Å². The molecule has 168 valence electrons. The van der Waals surface area contributed by atoms with E-state index >= 15 is 0 Å². The molecule has 2 aliphatic rings. The lowest BCUT2D eigenvalue weighted by Gasteiger charge is -2.47. The highest BCUT2D eigenvalue weighted by molar-refractivity contribution is 5.88. The van der Waals surface area contributed by atoms with E-state index in [2.05, 4.69) is 20.2 Å². The number of hydrogen-bond acceptors (Lipinski definition) is 6. The van der Waals surface area contributed by atoms with E-state index in [-0.39, 0.29) is 11.8 Å². The molecule has 1 aromatic carbocycles. The first-order chi connectivity index (χ1) is 15.6. The second kappa shape index (κ2) is 8.52. The van der Waals surface area contributed by atoms with Crippen molar-refractivity contribution in [2.45, 2.75) is 30.9 Å². The van der Waals surface area contributed by atoms with Crippen molar-refractivity contribution in [3.8, 4) is 0 Å². The van der Waals surface area contributed by atoms with Crippen LogP contribution in [0.25, 0.3) is 11.0 Å². The molecule has 2 atom stereocenters. The number of benzene rings is 1. The van der Waals surface area contributed by atoms with E-state index in [1.807, 2.05) is 54.2 Å². The minimum Gasteiger partial charge on any atom is -0.388 e. The van der Waals surface area contributed by atoms with Gasteiger partial charge < -0.3 is 24.6 Å². The second-order valence-electron chi connectivity index (χ2n) is 8.79. The van der Waals surface area contributed by atoms with Gasteiger partial charge in [-0.25, -0.2) is 9.97 Å². The highest BCUT2D eigenvalue weighted by atomic mass is 16.5. The maximum atomic E-state index is 13.2. The maximum absolute atomic E-state index is 13.2. The molecular formula is C24H29N5O3. The van der Waals surface area contributed by atoms with E-state index in [0.29, 0.717) is 45.6 Å². The van der Waals surface area contributed by atoms with Gasteiger partial charge in [0, 0.05) is 45.5 Å². The third-order valence-corrected chi connectivity index (χ3v) is 6.91. The predicted molar refractivity (Wildman–Crippen MR) is 121 cm³/mol. The van der Waals surface area contributed by atoms with Crippen LogP contribution in [0.4, 0.5) is 5.82 Å². The Kier molecular flexibility index (Phi) is 5.57. The first-order valence-electron chi connectivity index (χ1n) is 11.2. The monoisotopic (exact) mass is 435 g/mol. The predicted octanol–water partition coefficient (Wildman–Crippen LogP) is 1.98. The smallest absolute Gasteiger partial charge is 0.224 e. The second-order valence-corrected chi connectivity index (χ2v) is 8.79. The number of rotatable bonds is 4. The van der Waals surface area contributed by atoms with Crippen molar-refractivity contribution in [2.24, 2.45) is 13.0 Å². The SMILES string of the molecule is Cn1ccc2c(N3CC[C@@](NC(=O)C4CCOCC4)(c4ccccc4)[C@H](O)C3)ncnc21. The summed E-state index contributed by atoms with van der Waals surface area (Å²) >= 11 is 0. The summed E-state index contributed by atoms with van der Waals surface area (Å²) in [4.78, 5) is 24.2. The van der Waals surface area contributed by atoms with Crippen molar-refractivity contribution in [2.75, 3.05) is 31.2 Å². The van der Waals surface area contributed by atoms with Crippen LogP contribution in [0.2, 0.25) is 0 Å². The Balaban J connectivity index is 1.44. The Labute approximate surface area is 187 Å². The number of carbonyl (C=O) groups is 1. The largest absolute Gasteiger partial charge is 0.388 e. The van der Waals surface area contributed by atoms with Gasteiger partial charge in [-0.05, 0) is 30.9 Å². The van der Waals surface area contributed by atoms with Crippen molar-refractivity contribution in [1.29, 1.82) is 0 Å². The van der Waals surface area contributed by atoms with Crippen molar-refractivity contribution < 1.29 is 14.6 Å². The quantitative estimate of drug-likeness (QED) is 0.651. The lowest BCUT2D eigenvalue weighted by molar-refractivity contribution is -0.132. The van der Waals surface area contributed by atoms with Crippen LogP contribution in [0.5, 0.6) is 0 Å². The topological polar surface area (TPSA) is 92.5 Å². The number of anilines is 1. The van der Waals surface area contributed by atoms with Crippen LogP contribution in [0.3, 0.4) is 0 Å². The van der Waals surface area contributed by atoms with Crippen molar-refractivity contribution in [3.05, 3.63) is 54.5 Å². The highest BCUT2D eigenvalue weighted by Crippen LogP contribution is 2.37. The van der Waals surface area contributed by atoms with Gasteiger partial charge in [-0.15, -0.1) is 0 Å². The Morgan fingerprint density at radius 2 is 1.97 bits per heavy atom. The fourth-order valence-corrected chi connectivity index (χ4v) is 5.01. The fourth-order valence-electron chi connectivity index (χ4n) is 5.01. The van der Waals surface area contributed by atoms with Crippen LogP contribution in [0.1, 0.15) is 24.8 Å².